The number of nitrogens with zero attached hydrogens (tertiary/aromatic N) is 1. The monoisotopic (exact) mass is 385 g/mol. The summed E-state index contributed by atoms with van der Waals surface area (Å²) in [6.45, 7) is 2.51. The van der Waals surface area contributed by atoms with E-state index in [2.05, 4.69) is 31.5 Å². The summed E-state index contributed by atoms with van der Waals surface area (Å²) in [5.41, 5.74) is 3.04. The molecule has 2 aromatic heterocycles. The van der Waals surface area contributed by atoms with Crippen molar-refractivity contribution in [2.75, 3.05) is 10.6 Å². The standard InChI is InChI=1S/C18H16BrN3O2/c1-12-7-14(4-5-17(12)19)22-18(23)13-8-15(10-20-9-13)21-11-16-3-2-6-24-16/h2-10,21H,11H2,1H3,(H,22,23). The van der Waals surface area contributed by atoms with Crippen LogP contribution in [0, 0.1) is 6.92 Å². The second kappa shape index (κ2) is 7.31. The maximum atomic E-state index is 12.4. The van der Waals surface area contributed by atoms with Gasteiger partial charge in [-0.1, -0.05) is 15.9 Å². The van der Waals surface area contributed by atoms with Crippen LogP contribution in [0.15, 0.2) is 63.9 Å². The third-order valence-electron chi connectivity index (χ3n) is 3.46. The molecule has 2 N–H and O–H groups in total. The van der Waals surface area contributed by atoms with Crippen LogP contribution in [-0.4, -0.2) is 10.9 Å². The van der Waals surface area contributed by atoms with Gasteiger partial charge in [-0.3, -0.25) is 9.78 Å². The summed E-state index contributed by atoms with van der Waals surface area (Å²) in [4.78, 5) is 16.5. The maximum Gasteiger partial charge on any atom is 0.257 e. The minimum absolute atomic E-state index is 0.203. The van der Waals surface area contributed by atoms with Gasteiger partial charge < -0.3 is 15.1 Å². The van der Waals surface area contributed by atoms with E-state index in [1.54, 1.807) is 24.7 Å². The van der Waals surface area contributed by atoms with Crippen LogP contribution in [0.25, 0.3) is 0 Å². The lowest BCUT2D eigenvalue weighted by Crippen LogP contribution is -2.13. The van der Waals surface area contributed by atoms with Crippen molar-refractivity contribution in [2.45, 2.75) is 13.5 Å². The summed E-state index contributed by atoms with van der Waals surface area (Å²) in [5, 5.41) is 6.06. The number of pyridine rings is 1. The molecule has 0 atom stereocenters. The van der Waals surface area contributed by atoms with Gasteiger partial charge in [0.05, 0.1) is 24.1 Å². The number of benzene rings is 1. The van der Waals surface area contributed by atoms with E-state index in [4.69, 9.17) is 4.42 Å². The van der Waals surface area contributed by atoms with Crippen LogP contribution < -0.4 is 10.6 Å². The number of carbonyl (C=O) groups is 1. The summed E-state index contributed by atoms with van der Waals surface area (Å²) in [5.74, 6) is 0.612. The van der Waals surface area contributed by atoms with E-state index in [-0.39, 0.29) is 5.91 Å². The third kappa shape index (κ3) is 4.02. The summed E-state index contributed by atoms with van der Waals surface area (Å²) in [6.07, 6.45) is 4.84. The second-order valence-corrected chi connectivity index (χ2v) is 6.17. The van der Waals surface area contributed by atoms with E-state index in [0.717, 1.165) is 27.2 Å². The number of anilines is 2. The highest BCUT2D eigenvalue weighted by atomic mass is 79.9. The molecule has 1 amide bonds. The second-order valence-electron chi connectivity index (χ2n) is 5.31. The number of carbonyl (C=O) groups excluding carboxylic acids is 1. The molecule has 0 aliphatic carbocycles. The number of furan rings is 1. The first kappa shape index (κ1) is 16.3. The Labute approximate surface area is 148 Å². The molecule has 122 valence electrons. The number of hydrogen-bond acceptors (Lipinski definition) is 4. The largest absolute Gasteiger partial charge is 0.467 e. The summed E-state index contributed by atoms with van der Waals surface area (Å²) < 4.78 is 6.27. The fourth-order valence-corrected chi connectivity index (χ4v) is 2.44. The molecule has 0 spiro atoms. The third-order valence-corrected chi connectivity index (χ3v) is 4.35. The minimum Gasteiger partial charge on any atom is -0.467 e. The van der Waals surface area contributed by atoms with Gasteiger partial charge in [0.1, 0.15) is 5.76 Å². The Morgan fingerprint density at radius 2 is 2.08 bits per heavy atom. The van der Waals surface area contributed by atoms with Crippen molar-refractivity contribution in [3.05, 3.63) is 76.4 Å². The molecule has 5 nitrogen and oxygen atoms in total. The van der Waals surface area contributed by atoms with Crippen molar-refractivity contribution in [3.63, 3.8) is 0 Å². The van der Waals surface area contributed by atoms with Crippen LogP contribution in [0.3, 0.4) is 0 Å². The van der Waals surface area contributed by atoms with Gasteiger partial charge in [0.2, 0.25) is 0 Å². The molecule has 0 aliphatic rings. The topological polar surface area (TPSA) is 67.2 Å². The van der Waals surface area contributed by atoms with Crippen molar-refractivity contribution in [1.82, 2.24) is 4.98 Å². The van der Waals surface area contributed by atoms with Gasteiger partial charge in [-0.15, -0.1) is 0 Å². The van der Waals surface area contributed by atoms with Gasteiger partial charge in [0.15, 0.2) is 0 Å². The van der Waals surface area contributed by atoms with Crippen LogP contribution in [0.1, 0.15) is 21.7 Å². The number of halogens is 1. The Hall–Kier alpha value is -2.60. The van der Waals surface area contributed by atoms with Gasteiger partial charge in [0.25, 0.3) is 5.91 Å². The molecule has 0 aliphatic heterocycles. The molecule has 6 heteroatoms. The molecule has 0 saturated heterocycles. The maximum absolute atomic E-state index is 12.4. The van der Waals surface area contributed by atoms with Crippen molar-refractivity contribution in [3.8, 4) is 0 Å². The minimum atomic E-state index is -0.203. The first-order valence-electron chi connectivity index (χ1n) is 7.40. The van der Waals surface area contributed by atoms with Crippen LogP contribution in [0.5, 0.6) is 0 Å². The number of aromatic nitrogens is 1. The highest BCUT2D eigenvalue weighted by molar-refractivity contribution is 9.10. The molecule has 3 aromatic rings. The van der Waals surface area contributed by atoms with E-state index in [9.17, 15) is 4.79 Å². The van der Waals surface area contributed by atoms with Crippen LogP contribution >= 0.6 is 15.9 Å². The first-order valence-corrected chi connectivity index (χ1v) is 8.20. The molecule has 0 bridgehead atoms. The predicted molar refractivity (Wildman–Crippen MR) is 97.1 cm³/mol. The lowest BCUT2D eigenvalue weighted by Gasteiger charge is -2.09. The smallest absolute Gasteiger partial charge is 0.257 e. The van der Waals surface area contributed by atoms with Crippen LogP contribution in [0.4, 0.5) is 11.4 Å². The van der Waals surface area contributed by atoms with Gasteiger partial charge >= 0.3 is 0 Å². The van der Waals surface area contributed by atoms with E-state index in [1.165, 1.54) is 0 Å². The Morgan fingerprint density at radius 3 is 2.83 bits per heavy atom. The lowest BCUT2D eigenvalue weighted by molar-refractivity contribution is 0.102. The summed E-state index contributed by atoms with van der Waals surface area (Å²) in [6, 6.07) is 11.1. The Bertz CT molecular complexity index is 847. The first-order chi connectivity index (χ1) is 11.6. The highest BCUT2D eigenvalue weighted by Gasteiger charge is 2.08. The van der Waals surface area contributed by atoms with Crippen LogP contribution in [-0.2, 0) is 6.54 Å². The van der Waals surface area contributed by atoms with E-state index < -0.39 is 0 Å². The molecule has 0 saturated carbocycles. The van der Waals surface area contributed by atoms with Crippen molar-refractivity contribution in [1.29, 1.82) is 0 Å². The molecule has 1 aromatic carbocycles. The Kier molecular flexibility index (Phi) is 4.96. The quantitative estimate of drug-likeness (QED) is 0.672. The number of nitrogens with one attached hydrogen (secondary N) is 2. The van der Waals surface area contributed by atoms with Gasteiger partial charge in [-0.2, -0.15) is 0 Å². The van der Waals surface area contributed by atoms with Crippen molar-refractivity contribution in [2.24, 2.45) is 0 Å². The fourth-order valence-electron chi connectivity index (χ4n) is 2.19. The Morgan fingerprint density at radius 1 is 1.21 bits per heavy atom. The highest BCUT2D eigenvalue weighted by Crippen LogP contribution is 2.20. The molecular weight excluding hydrogens is 370 g/mol. The van der Waals surface area contributed by atoms with Crippen molar-refractivity contribution < 1.29 is 9.21 Å². The zero-order valence-electron chi connectivity index (χ0n) is 13.0. The van der Waals surface area contributed by atoms with E-state index in [0.29, 0.717) is 12.1 Å². The molecular formula is C18H16BrN3O2. The Balaban J connectivity index is 1.68. The molecule has 24 heavy (non-hydrogen) atoms. The number of hydrogen-bond donors (Lipinski definition) is 2. The SMILES string of the molecule is Cc1cc(NC(=O)c2cncc(NCc3ccco3)c2)ccc1Br. The zero-order chi connectivity index (χ0) is 16.9. The summed E-state index contributed by atoms with van der Waals surface area (Å²) >= 11 is 3.44. The predicted octanol–water partition coefficient (Wildman–Crippen LogP) is 4.61. The summed E-state index contributed by atoms with van der Waals surface area (Å²) in [7, 11) is 0. The molecule has 2 heterocycles. The molecule has 0 radical (unpaired) electrons. The number of amides is 1. The van der Waals surface area contributed by atoms with Gasteiger partial charge in [-0.25, -0.2) is 0 Å². The lowest BCUT2D eigenvalue weighted by atomic mass is 10.2. The average molecular weight is 386 g/mol. The normalized spacial score (nSPS) is 10.4. The molecule has 0 fully saturated rings. The van der Waals surface area contributed by atoms with E-state index >= 15 is 0 Å². The average Bonchev–Trinajstić information content (AvgIpc) is 3.10. The number of aryl methyl sites for hydroxylation is 1. The number of rotatable bonds is 5. The van der Waals surface area contributed by atoms with Crippen LogP contribution in [0.2, 0.25) is 0 Å². The fraction of sp³-hybridized carbons (Fsp3) is 0.111. The molecule has 0 unspecified atom stereocenters. The molecule has 3 rings (SSSR count). The van der Waals surface area contributed by atoms with Gasteiger partial charge in [0, 0.05) is 22.6 Å². The van der Waals surface area contributed by atoms with Crippen molar-refractivity contribution >= 4 is 33.2 Å². The van der Waals surface area contributed by atoms with Gasteiger partial charge in [-0.05, 0) is 48.9 Å². The zero-order valence-corrected chi connectivity index (χ0v) is 14.6. The van der Waals surface area contributed by atoms with E-state index in [1.807, 2.05) is 37.3 Å².